The van der Waals surface area contributed by atoms with Gasteiger partial charge in [-0.3, -0.25) is 4.79 Å². The molecule has 2 aromatic rings. The monoisotopic (exact) mass is 315 g/mol. The van der Waals surface area contributed by atoms with Gasteiger partial charge in [0.1, 0.15) is 23.8 Å². The third-order valence-electron chi connectivity index (χ3n) is 3.87. The molecule has 2 aromatic carbocycles. The van der Waals surface area contributed by atoms with Crippen molar-refractivity contribution >= 4 is 5.91 Å². The Morgan fingerprint density at radius 1 is 1.17 bits per heavy atom. The lowest BCUT2D eigenvalue weighted by atomic mass is 10.1. The predicted molar refractivity (Wildman–Crippen MR) is 83.5 cm³/mol. The van der Waals surface area contributed by atoms with E-state index in [4.69, 9.17) is 4.74 Å². The number of rotatable bonds is 4. The molecule has 0 aromatic heterocycles. The van der Waals surface area contributed by atoms with E-state index >= 15 is 0 Å². The van der Waals surface area contributed by atoms with Crippen LogP contribution in [0.5, 0.6) is 5.75 Å². The zero-order valence-electron chi connectivity index (χ0n) is 12.6. The quantitative estimate of drug-likeness (QED) is 0.939. The average Bonchev–Trinajstić information content (AvgIpc) is 2.89. The zero-order valence-corrected chi connectivity index (χ0v) is 12.6. The number of carbonyl (C=O) groups is 1. The van der Waals surface area contributed by atoms with Gasteiger partial charge in [-0.2, -0.15) is 0 Å². The summed E-state index contributed by atoms with van der Waals surface area (Å²) in [5, 5.41) is 10.1. The van der Waals surface area contributed by atoms with Gasteiger partial charge in [0, 0.05) is 6.07 Å². The van der Waals surface area contributed by atoms with Crippen LogP contribution in [0.15, 0.2) is 54.6 Å². The number of halogens is 1. The number of amides is 1. The number of nitrogens with zero attached hydrogens (tertiary/aromatic N) is 1. The smallest absolute Gasteiger partial charge is 0.227 e. The van der Waals surface area contributed by atoms with Crippen molar-refractivity contribution in [2.75, 3.05) is 13.1 Å². The molecule has 1 aliphatic heterocycles. The van der Waals surface area contributed by atoms with Gasteiger partial charge in [-0.15, -0.1) is 0 Å². The molecule has 120 valence electrons. The van der Waals surface area contributed by atoms with Gasteiger partial charge in [0.25, 0.3) is 0 Å². The van der Waals surface area contributed by atoms with Gasteiger partial charge >= 0.3 is 0 Å². The van der Waals surface area contributed by atoms with Crippen molar-refractivity contribution in [1.82, 2.24) is 4.90 Å². The van der Waals surface area contributed by atoms with Crippen LogP contribution >= 0.6 is 0 Å². The maximum atomic E-state index is 13.2. The number of β-amino-alcohol motifs (C(OH)–C–C–N with tert-alkyl or cyclic N) is 1. The first-order chi connectivity index (χ1) is 11.1. The second-order valence-corrected chi connectivity index (χ2v) is 5.64. The Morgan fingerprint density at radius 3 is 2.70 bits per heavy atom. The molecule has 1 saturated heterocycles. The van der Waals surface area contributed by atoms with Crippen molar-refractivity contribution in [2.24, 2.45) is 0 Å². The molecule has 0 spiro atoms. The number of likely N-dealkylation sites (tertiary alicyclic amines) is 1. The number of ether oxygens (including phenoxy) is 1. The molecule has 0 saturated carbocycles. The molecule has 1 N–H and O–H groups in total. The molecular weight excluding hydrogens is 297 g/mol. The van der Waals surface area contributed by atoms with Gasteiger partial charge in [0.2, 0.25) is 5.91 Å². The maximum Gasteiger partial charge on any atom is 0.227 e. The van der Waals surface area contributed by atoms with Crippen LogP contribution in [0.3, 0.4) is 0 Å². The number of aliphatic hydroxyl groups excluding tert-OH is 1. The Morgan fingerprint density at radius 2 is 1.96 bits per heavy atom. The Labute approximate surface area is 134 Å². The molecule has 5 heteroatoms. The van der Waals surface area contributed by atoms with E-state index in [1.165, 1.54) is 12.1 Å². The summed E-state index contributed by atoms with van der Waals surface area (Å²) in [5.41, 5.74) is 0.932. The summed E-state index contributed by atoms with van der Waals surface area (Å²) in [4.78, 5) is 13.9. The summed E-state index contributed by atoms with van der Waals surface area (Å²) < 4.78 is 18.8. The number of aliphatic hydroxyl groups is 1. The maximum absolute atomic E-state index is 13.2. The third kappa shape index (κ3) is 3.87. The lowest BCUT2D eigenvalue weighted by Crippen LogP contribution is -2.32. The van der Waals surface area contributed by atoms with Gasteiger partial charge in [0.05, 0.1) is 19.5 Å². The minimum absolute atomic E-state index is 0.0550. The highest BCUT2D eigenvalue weighted by molar-refractivity contribution is 5.79. The zero-order chi connectivity index (χ0) is 16.2. The van der Waals surface area contributed by atoms with Crippen molar-refractivity contribution in [3.8, 4) is 5.75 Å². The highest BCUT2D eigenvalue weighted by atomic mass is 19.1. The lowest BCUT2D eigenvalue weighted by Gasteiger charge is -2.17. The highest BCUT2D eigenvalue weighted by Crippen LogP contribution is 2.20. The van der Waals surface area contributed by atoms with E-state index in [2.05, 4.69) is 0 Å². The average molecular weight is 315 g/mol. The first kappa shape index (κ1) is 15.5. The second-order valence-electron chi connectivity index (χ2n) is 5.64. The van der Waals surface area contributed by atoms with Crippen LogP contribution in [0.25, 0.3) is 0 Å². The van der Waals surface area contributed by atoms with Crippen LogP contribution in [0.1, 0.15) is 5.56 Å². The van der Waals surface area contributed by atoms with Crippen LogP contribution in [0, 0.1) is 5.82 Å². The first-order valence-electron chi connectivity index (χ1n) is 7.54. The summed E-state index contributed by atoms with van der Waals surface area (Å²) in [7, 11) is 0. The third-order valence-corrected chi connectivity index (χ3v) is 3.87. The molecule has 23 heavy (non-hydrogen) atoms. The van der Waals surface area contributed by atoms with Crippen LogP contribution in [-0.4, -0.2) is 41.2 Å². The molecular formula is C18H18FNO3. The standard InChI is InChI=1S/C18H18FNO3/c19-14-7-4-8-15(10-14)23-17-12-20(11-16(17)21)18(22)9-13-5-2-1-3-6-13/h1-8,10,16-17,21H,9,11-12H2/t16-,17-/m1/s1. The summed E-state index contributed by atoms with van der Waals surface area (Å²) >= 11 is 0. The summed E-state index contributed by atoms with van der Waals surface area (Å²) in [5.74, 6) is -0.0982. The fourth-order valence-electron chi connectivity index (χ4n) is 2.67. The van der Waals surface area contributed by atoms with Crippen molar-refractivity contribution in [3.63, 3.8) is 0 Å². The molecule has 1 fully saturated rings. The molecule has 4 nitrogen and oxygen atoms in total. The summed E-state index contributed by atoms with van der Waals surface area (Å²) in [6.45, 7) is 0.523. The SMILES string of the molecule is O=C(Cc1ccccc1)N1C[C@@H](O)[C@H](Oc2cccc(F)c2)C1. The topological polar surface area (TPSA) is 49.8 Å². The molecule has 0 radical (unpaired) electrons. The summed E-state index contributed by atoms with van der Waals surface area (Å²) in [6, 6.07) is 15.2. The number of hydrogen-bond acceptors (Lipinski definition) is 3. The van der Waals surface area contributed by atoms with E-state index in [0.29, 0.717) is 18.7 Å². The van der Waals surface area contributed by atoms with E-state index in [-0.39, 0.29) is 12.5 Å². The molecule has 1 heterocycles. The molecule has 1 aliphatic rings. The highest BCUT2D eigenvalue weighted by Gasteiger charge is 2.35. The fraction of sp³-hybridized carbons (Fsp3) is 0.278. The minimum atomic E-state index is -0.780. The van der Waals surface area contributed by atoms with Crippen molar-refractivity contribution in [1.29, 1.82) is 0 Å². The largest absolute Gasteiger partial charge is 0.486 e. The van der Waals surface area contributed by atoms with E-state index in [1.54, 1.807) is 17.0 Å². The Bertz CT molecular complexity index is 677. The van der Waals surface area contributed by atoms with Crippen LogP contribution in [0.2, 0.25) is 0 Å². The van der Waals surface area contributed by atoms with Gasteiger partial charge in [-0.25, -0.2) is 4.39 Å². The predicted octanol–water partition coefficient (Wildman–Crippen LogP) is 2.02. The van der Waals surface area contributed by atoms with Gasteiger partial charge in [0.15, 0.2) is 0 Å². The Hall–Kier alpha value is -2.40. The minimum Gasteiger partial charge on any atom is -0.486 e. The van der Waals surface area contributed by atoms with Gasteiger partial charge in [-0.05, 0) is 17.7 Å². The normalized spacial score (nSPS) is 20.5. The molecule has 3 rings (SSSR count). The second kappa shape index (κ2) is 6.79. The lowest BCUT2D eigenvalue weighted by molar-refractivity contribution is -0.129. The van der Waals surface area contributed by atoms with E-state index in [0.717, 1.165) is 5.56 Å². The molecule has 0 bridgehead atoms. The molecule has 1 amide bonds. The van der Waals surface area contributed by atoms with Crippen molar-refractivity contribution in [3.05, 3.63) is 66.0 Å². The van der Waals surface area contributed by atoms with Crippen LogP contribution in [0.4, 0.5) is 4.39 Å². The van der Waals surface area contributed by atoms with Crippen molar-refractivity contribution < 1.29 is 19.0 Å². The molecule has 0 aliphatic carbocycles. The number of hydrogen-bond donors (Lipinski definition) is 1. The van der Waals surface area contributed by atoms with Gasteiger partial charge in [-0.1, -0.05) is 36.4 Å². The number of carbonyl (C=O) groups excluding carboxylic acids is 1. The fourth-order valence-corrected chi connectivity index (χ4v) is 2.67. The van der Waals surface area contributed by atoms with Crippen LogP contribution in [-0.2, 0) is 11.2 Å². The Kier molecular flexibility index (Phi) is 4.57. The van der Waals surface area contributed by atoms with E-state index in [1.807, 2.05) is 30.3 Å². The molecule has 0 unspecified atom stereocenters. The van der Waals surface area contributed by atoms with Crippen LogP contribution < -0.4 is 4.74 Å². The summed E-state index contributed by atoms with van der Waals surface area (Å²) in [6.07, 6.45) is -1.03. The number of benzene rings is 2. The van der Waals surface area contributed by atoms with Crippen molar-refractivity contribution in [2.45, 2.75) is 18.6 Å². The van der Waals surface area contributed by atoms with Gasteiger partial charge < -0.3 is 14.7 Å². The Balaban J connectivity index is 1.60. The molecule has 2 atom stereocenters. The van der Waals surface area contributed by atoms with E-state index in [9.17, 15) is 14.3 Å². The first-order valence-corrected chi connectivity index (χ1v) is 7.54. The van der Waals surface area contributed by atoms with E-state index < -0.39 is 18.0 Å².